The van der Waals surface area contributed by atoms with Gasteiger partial charge in [-0.05, 0) is 49.7 Å². The van der Waals surface area contributed by atoms with Crippen LogP contribution in [0.1, 0.15) is 29.8 Å². The summed E-state index contributed by atoms with van der Waals surface area (Å²) in [5.41, 5.74) is 1.39. The molecule has 2 N–H and O–H groups in total. The largest absolute Gasteiger partial charge is 0.343 e. The second-order valence-corrected chi connectivity index (χ2v) is 10.7. The van der Waals surface area contributed by atoms with Gasteiger partial charge in [0.1, 0.15) is 15.9 Å². The van der Waals surface area contributed by atoms with Crippen LogP contribution in [0, 0.1) is 0 Å². The molecule has 0 aliphatic heterocycles. The molecular formula is C22H19BrN4O3S2. The van der Waals surface area contributed by atoms with Crippen LogP contribution in [0.15, 0.2) is 76.1 Å². The number of benzene rings is 3. The Labute approximate surface area is 198 Å². The van der Waals surface area contributed by atoms with Crippen LogP contribution in [0.25, 0.3) is 11.0 Å². The van der Waals surface area contributed by atoms with Crippen molar-refractivity contribution in [2.75, 3.05) is 4.72 Å². The van der Waals surface area contributed by atoms with Gasteiger partial charge in [-0.1, -0.05) is 52.3 Å². The maximum absolute atomic E-state index is 13.2. The molecule has 0 saturated heterocycles. The van der Waals surface area contributed by atoms with Crippen LogP contribution in [0.3, 0.4) is 0 Å². The summed E-state index contributed by atoms with van der Waals surface area (Å²) in [5, 5.41) is 2.99. The Morgan fingerprint density at radius 1 is 1.00 bits per heavy atom. The first-order valence-electron chi connectivity index (χ1n) is 9.59. The van der Waals surface area contributed by atoms with Gasteiger partial charge in [-0.15, -0.1) is 0 Å². The van der Waals surface area contributed by atoms with E-state index in [2.05, 4.69) is 34.7 Å². The number of halogens is 1. The summed E-state index contributed by atoms with van der Waals surface area (Å²) in [6.07, 6.45) is 0. The highest BCUT2D eigenvalue weighted by molar-refractivity contribution is 9.10. The SMILES string of the molecule is CC(C)(NC(=O)c1ccc(Br)cc1NS(=O)(=O)c1cccc2nsnc12)c1ccccc1. The zero-order valence-corrected chi connectivity index (χ0v) is 20.4. The van der Waals surface area contributed by atoms with Gasteiger partial charge in [-0.25, -0.2) is 8.42 Å². The maximum atomic E-state index is 13.2. The van der Waals surface area contributed by atoms with E-state index in [1.54, 1.807) is 30.3 Å². The molecule has 1 heterocycles. The molecule has 0 aliphatic rings. The van der Waals surface area contributed by atoms with Crippen molar-refractivity contribution in [3.05, 3.63) is 82.3 Å². The molecule has 0 atom stereocenters. The van der Waals surface area contributed by atoms with Crippen molar-refractivity contribution in [1.82, 2.24) is 14.1 Å². The van der Waals surface area contributed by atoms with E-state index in [1.165, 1.54) is 6.07 Å². The first-order valence-corrected chi connectivity index (χ1v) is 12.6. The highest BCUT2D eigenvalue weighted by Gasteiger charge is 2.27. The fourth-order valence-electron chi connectivity index (χ4n) is 3.28. The molecule has 0 saturated carbocycles. The molecule has 4 rings (SSSR count). The normalized spacial score (nSPS) is 12.0. The van der Waals surface area contributed by atoms with Gasteiger partial charge in [0.25, 0.3) is 15.9 Å². The number of rotatable bonds is 6. The minimum Gasteiger partial charge on any atom is -0.343 e. The number of sulfonamides is 1. The van der Waals surface area contributed by atoms with Crippen LogP contribution < -0.4 is 10.0 Å². The third kappa shape index (κ3) is 4.52. The van der Waals surface area contributed by atoms with Gasteiger partial charge in [0.2, 0.25) is 0 Å². The van der Waals surface area contributed by atoms with E-state index in [1.807, 2.05) is 44.2 Å². The topological polar surface area (TPSA) is 101 Å². The predicted molar refractivity (Wildman–Crippen MR) is 129 cm³/mol. The number of hydrogen-bond acceptors (Lipinski definition) is 6. The highest BCUT2D eigenvalue weighted by atomic mass is 79.9. The molecule has 3 aromatic carbocycles. The van der Waals surface area contributed by atoms with Crippen LogP contribution >= 0.6 is 27.7 Å². The molecule has 7 nitrogen and oxygen atoms in total. The fraction of sp³-hybridized carbons (Fsp3) is 0.136. The molecule has 1 aromatic heterocycles. The average Bonchev–Trinajstić information content (AvgIpc) is 3.22. The molecule has 0 bridgehead atoms. The Hall–Kier alpha value is -2.82. The average molecular weight is 531 g/mol. The Balaban J connectivity index is 1.68. The van der Waals surface area contributed by atoms with E-state index in [-0.39, 0.29) is 21.7 Å². The van der Waals surface area contributed by atoms with Crippen molar-refractivity contribution in [3.63, 3.8) is 0 Å². The highest BCUT2D eigenvalue weighted by Crippen LogP contribution is 2.28. The Bertz CT molecular complexity index is 1400. The molecule has 0 radical (unpaired) electrons. The Morgan fingerprint density at radius 2 is 1.75 bits per heavy atom. The van der Waals surface area contributed by atoms with Gasteiger partial charge in [0.15, 0.2) is 0 Å². The molecule has 0 aliphatic carbocycles. The van der Waals surface area contributed by atoms with Crippen LogP contribution in [0.4, 0.5) is 5.69 Å². The standard InChI is InChI=1S/C22H19BrN4O3S2/c1-22(2,14-7-4-3-5-8-14)24-21(28)16-12-11-15(23)13-18(16)27-32(29,30)19-10-6-9-17-20(19)26-31-25-17/h3-13,27H,1-2H3,(H,24,28). The predicted octanol–water partition coefficient (Wildman–Crippen LogP) is 4.92. The molecule has 4 aromatic rings. The van der Waals surface area contributed by atoms with Crippen molar-refractivity contribution < 1.29 is 13.2 Å². The van der Waals surface area contributed by atoms with Crippen LogP contribution in [-0.4, -0.2) is 23.1 Å². The van der Waals surface area contributed by atoms with Gasteiger partial charge < -0.3 is 5.32 Å². The third-order valence-electron chi connectivity index (χ3n) is 4.93. The summed E-state index contributed by atoms with van der Waals surface area (Å²) in [4.78, 5) is 13.2. The minimum absolute atomic E-state index is 0.000279. The lowest BCUT2D eigenvalue weighted by Gasteiger charge is -2.27. The van der Waals surface area contributed by atoms with E-state index >= 15 is 0 Å². The number of aromatic nitrogens is 2. The van der Waals surface area contributed by atoms with Crippen LogP contribution in [0.5, 0.6) is 0 Å². The lowest BCUT2D eigenvalue weighted by atomic mass is 9.94. The summed E-state index contributed by atoms with van der Waals surface area (Å²) >= 11 is 4.29. The second-order valence-electron chi connectivity index (χ2n) is 7.63. The molecule has 0 fully saturated rings. The van der Waals surface area contributed by atoms with Gasteiger partial charge in [-0.3, -0.25) is 9.52 Å². The van der Waals surface area contributed by atoms with Crippen molar-refractivity contribution in [2.24, 2.45) is 0 Å². The smallest absolute Gasteiger partial charge is 0.264 e. The van der Waals surface area contributed by atoms with E-state index in [0.29, 0.717) is 9.99 Å². The molecule has 164 valence electrons. The summed E-state index contributed by atoms with van der Waals surface area (Å²) in [6.45, 7) is 3.78. The number of fused-ring (bicyclic) bond motifs is 1. The second kappa shape index (κ2) is 8.61. The van der Waals surface area contributed by atoms with Crippen molar-refractivity contribution in [2.45, 2.75) is 24.3 Å². The van der Waals surface area contributed by atoms with Crippen LogP contribution in [0.2, 0.25) is 0 Å². The first kappa shape index (κ1) is 22.4. The number of hydrogen-bond donors (Lipinski definition) is 2. The van der Waals surface area contributed by atoms with Crippen LogP contribution in [-0.2, 0) is 15.6 Å². The van der Waals surface area contributed by atoms with Crippen molar-refractivity contribution >= 4 is 60.3 Å². The summed E-state index contributed by atoms with van der Waals surface area (Å²) in [6, 6.07) is 19.1. The van der Waals surface area contributed by atoms with E-state index in [9.17, 15) is 13.2 Å². The number of carbonyl (C=O) groups is 1. The zero-order valence-electron chi connectivity index (χ0n) is 17.2. The number of anilines is 1. The third-order valence-corrected chi connectivity index (χ3v) is 7.36. The number of carbonyl (C=O) groups excluding carboxylic acids is 1. The van der Waals surface area contributed by atoms with Crippen molar-refractivity contribution in [1.29, 1.82) is 0 Å². The summed E-state index contributed by atoms with van der Waals surface area (Å²) in [5.74, 6) is -0.405. The quantitative estimate of drug-likeness (QED) is 0.368. The molecule has 10 heteroatoms. The Morgan fingerprint density at radius 3 is 2.50 bits per heavy atom. The molecular weight excluding hydrogens is 512 g/mol. The van der Waals surface area contributed by atoms with Gasteiger partial charge in [0, 0.05) is 4.47 Å². The van der Waals surface area contributed by atoms with E-state index in [0.717, 1.165) is 17.3 Å². The van der Waals surface area contributed by atoms with Gasteiger partial charge >= 0.3 is 0 Å². The van der Waals surface area contributed by atoms with E-state index < -0.39 is 21.5 Å². The summed E-state index contributed by atoms with van der Waals surface area (Å²) in [7, 11) is -4.03. The number of amides is 1. The molecule has 0 unspecified atom stereocenters. The molecule has 32 heavy (non-hydrogen) atoms. The van der Waals surface area contributed by atoms with Crippen molar-refractivity contribution in [3.8, 4) is 0 Å². The lowest BCUT2D eigenvalue weighted by Crippen LogP contribution is -2.41. The maximum Gasteiger partial charge on any atom is 0.264 e. The first-order chi connectivity index (χ1) is 15.2. The molecule has 1 amide bonds. The minimum atomic E-state index is -4.03. The van der Waals surface area contributed by atoms with Gasteiger partial charge in [-0.2, -0.15) is 8.75 Å². The molecule has 0 spiro atoms. The number of nitrogens with one attached hydrogen (secondary N) is 2. The zero-order chi connectivity index (χ0) is 22.9. The van der Waals surface area contributed by atoms with Gasteiger partial charge in [0.05, 0.1) is 28.5 Å². The lowest BCUT2D eigenvalue weighted by molar-refractivity contribution is 0.0913. The monoisotopic (exact) mass is 530 g/mol. The number of nitrogens with zero attached hydrogens (tertiary/aromatic N) is 2. The fourth-order valence-corrected chi connectivity index (χ4v) is 5.47. The Kier molecular flexibility index (Phi) is 6.02. The summed E-state index contributed by atoms with van der Waals surface area (Å²) < 4.78 is 37.8. The van der Waals surface area contributed by atoms with E-state index in [4.69, 9.17) is 0 Å².